The zero-order chi connectivity index (χ0) is 14.4. The van der Waals surface area contributed by atoms with Crippen LogP contribution in [0.2, 0.25) is 0 Å². The van der Waals surface area contributed by atoms with Crippen LogP contribution >= 0.6 is 15.9 Å². The highest BCUT2D eigenvalue weighted by Crippen LogP contribution is 2.14. The largest absolute Gasteiger partial charge is 0.464 e. The van der Waals surface area contributed by atoms with Gasteiger partial charge in [0.1, 0.15) is 0 Å². The Kier molecular flexibility index (Phi) is 5.11. The predicted octanol–water partition coefficient (Wildman–Crippen LogP) is 2.69. The van der Waals surface area contributed by atoms with Crippen molar-refractivity contribution in [3.05, 3.63) is 34.3 Å². The minimum atomic E-state index is 0.310. The molecule has 0 aliphatic heterocycles. The first-order valence-electron chi connectivity index (χ1n) is 6.26. The van der Waals surface area contributed by atoms with Crippen LogP contribution in [-0.2, 0) is 6.54 Å². The molecule has 0 fully saturated rings. The molecule has 2 rings (SSSR count). The van der Waals surface area contributed by atoms with Crippen LogP contribution in [0.25, 0.3) is 0 Å². The lowest BCUT2D eigenvalue weighted by Crippen LogP contribution is -2.09. The lowest BCUT2D eigenvalue weighted by atomic mass is 10.2. The van der Waals surface area contributed by atoms with E-state index in [1.165, 1.54) is 0 Å². The maximum atomic E-state index is 5.31. The zero-order valence-electron chi connectivity index (χ0n) is 11.4. The van der Waals surface area contributed by atoms with Crippen molar-refractivity contribution in [1.82, 2.24) is 15.0 Å². The molecule has 0 spiro atoms. The van der Waals surface area contributed by atoms with Gasteiger partial charge in [0.25, 0.3) is 0 Å². The van der Waals surface area contributed by atoms with Crippen LogP contribution in [0.5, 0.6) is 6.01 Å². The molecule has 7 heteroatoms. The van der Waals surface area contributed by atoms with E-state index in [-0.39, 0.29) is 0 Å². The molecular weight excluding hydrogens is 322 g/mol. The number of anilines is 2. The standard InChI is InChI=1S/C13H16BrN5O/c1-3-20-13-18-11(15-2)17-12(19-13)16-8-9-4-6-10(14)7-5-9/h4-7H,3,8H2,1-2H3,(H2,15,16,17,18,19). The lowest BCUT2D eigenvalue weighted by Gasteiger charge is -2.08. The lowest BCUT2D eigenvalue weighted by molar-refractivity contribution is 0.312. The third-order valence-electron chi connectivity index (χ3n) is 2.48. The number of hydrogen-bond acceptors (Lipinski definition) is 6. The van der Waals surface area contributed by atoms with Gasteiger partial charge in [-0.1, -0.05) is 28.1 Å². The normalized spacial score (nSPS) is 10.2. The van der Waals surface area contributed by atoms with E-state index in [0.29, 0.717) is 31.1 Å². The van der Waals surface area contributed by atoms with E-state index in [4.69, 9.17) is 4.74 Å². The molecule has 6 nitrogen and oxygen atoms in total. The highest BCUT2D eigenvalue weighted by molar-refractivity contribution is 9.10. The van der Waals surface area contributed by atoms with Crippen molar-refractivity contribution in [2.24, 2.45) is 0 Å². The minimum absolute atomic E-state index is 0.310. The Balaban J connectivity index is 2.07. The Labute approximate surface area is 126 Å². The second-order valence-corrected chi connectivity index (χ2v) is 4.84. The fourth-order valence-corrected chi connectivity index (χ4v) is 1.79. The summed E-state index contributed by atoms with van der Waals surface area (Å²) in [5.41, 5.74) is 1.14. The summed E-state index contributed by atoms with van der Waals surface area (Å²) in [5, 5.41) is 6.04. The first-order valence-corrected chi connectivity index (χ1v) is 7.05. The maximum absolute atomic E-state index is 5.31. The van der Waals surface area contributed by atoms with Gasteiger partial charge in [-0.15, -0.1) is 0 Å². The molecule has 1 aromatic carbocycles. The van der Waals surface area contributed by atoms with E-state index in [9.17, 15) is 0 Å². The summed E-state index contributed by atoms with van der Waals surface area (Å²) < 4.78 is 6.36. The van der Waals surface area contributed by atoms with Gasteiger partial charge in [-0.2, -0.15) is 15.0 Å². The highest BCUT2D eigenvalue weighted by Gasteiger charge is 2.06. The molecule has 0 bridgehead atoms. The van der Waals surface area contributed by atoms with E-state index in [1.54, 1.807) is 7.05 Å². The molecule has 1 heterocycles. The van der Waals surface area contributed by atoms with E-state index in [0.717, 1.165) is 10.0 Å². The van der Waals surface area contributed by atoms with Gasteiger partial charge in [0.2, 0.25) is 11.9 Å². The van der Waals surface area contributed by atoms with Crippen LogP contribution in [-0.4, -0.2) is 28.6 Å². The fourth-order valence-electron chi connectivity index (χ4n) is 1.52. The second kappa shape index (κ2) is 7.04. The molecule has 0 amide bonds. The topological polar surface area (TPSA) is 72.0 Å². The van der Waals surface area contributed by atoms with Gasteiger partial charge in [0.05, 0.1) is 6.61 Å². The first-order chi connectivity index (χ1) is 9.71. The molecule has 2 N–H and O–H groups in total. The monoisotopic (exact) mass is 337 g/mol. The summed E-state index contributed by atoms with van der Waals surface area (Å²) in [6, 6.07) is 8.36. The van der Waals surface area contributed by atoms with Crippen LogP contribution in [0, 0.1) is 0 Å². The number of aromatic nitrogens is 3. The van der Waals surface area contributed by atoms with Gasteiger partial charge >= 0.3 is 6.01 Å². The molecule has 1 aromatic heterocycles. The van der Waals surface area contributed by atoms with Crippen molar-refractivity contribution in [3.63, 3.8) is 0 Å². The summed E-state index contributed by atoms with van der Waals surface area (Å²) >= 11 is 3.41. The van der Waals surface area contributed by atoms with E-state index < -0.39 is 0 Å². The van der Waals surface area contributed by atoms with Gasteiger partial charge in [-0.3, -0.25) is 0 Å². The van der Waals surface area contributed by atoms with Crippen LogP contribution < -0.4 is 15.4 Å². The van der Waals surface area contributed by atoms with Gasteiger partial charge < -0.3 is 15.4 Å². The Hall–Kier alpha value is -1.89. The Morgan fingerprint density at radius 1 is 1.10 bits per heavy atom. The summed E-state index contributed by atoms with van der Waals surface area (Å²) in [7, 11) is 1.75. The number of ether oxygens (including phenoxy) is 1. The van der Waals surface area contributed by atoms with E-state index in [2.05, 4.69) is 41.5 Å². The third kappa shape index (κ3) is 4.06. The number of nitrogens with zero attached hydrogens (tertiary/aromatic N) is 3. The van der Waals surface area contributed by atoms with Gasteiger partial charge in [-0.25, -0.2) is 0 Å². The molecule has 0 aliphatic rings. The smallest absolute Gasteiger partial charge is 0.323 e. The maximum Gasteiger partial charge on any atom is 0.323 e. The van der Waals surface area contributed by atoms with Crippen molar-refractivity contribution in [2.45, 2.75) is 13.5 Å². The summed E-state index contributed by atoms with van der Waals surface area (Å²) in [5.74, 6) is 0.956. The molecule has 106 valence electrons. The summed E-state index contributed by atoms with van der Waals surface area (Å²) in [6.07, 6.45) is 0. The molecular formula is C13H16BrN5O. The van der Waals surface area contributed by atoms with Crippen molar-refractivity contribution < 1.29 is 4.74 Å². The molecule has 2 aromatic rings. The fraction of sp³-hybridized carbons (Fsp3) is 0.308. The van der Waals surface area contributed by atoms with Gasteiger partial charge in [0, 0.05) is 18.1 Å². The number of nitrogens with one attached hydrogen (secondary N) is 2. The van der Waals surface area contributed by atoms with Crippen molar-refractivity contribution >= 4 is 27.8 Å². The quantitative estimate of drug-likeness (QED) is 0.844. The van der Waals surface area contributed by atoms with E-state index in [1.807, 2.05) is 31.2 Å². The molecule has 0 atom stereocenters. The average Bonchev–Trinajstić information content (AvgIpc) is 2.47. The Bertz CT molecular complexity index is 561. The Morgan fingerprint density at radius 2 is 1.80 bits per heavy atom. The van der Waals surface area contributed by atoms with Gasteiger partial charge in [-0.05, 0) is 24.6 Å². The number of halogens is 1. The van der Waals surface area contributed by atoms with Crippen LogP contribution in [0.15, 0.2) is 28.7 Å². The van der Waals surface area contributed by atoms with Gasteiger partial charge in [0.15, 0.2) is 0 Å². The Morgan fingerprint density at radius 3 is 2.45 bits per heavy atom. The first kappa shape index (κ1) is 14.5. The van der Waals surface area contributed by atoms with Crippen LogP contribution in [0.1, 0.15) is 12.5 Å². The van der Waals surface area contributed by atoms with Crippen LogP contribution in [0.4, 0.5) is 11.9 Å². The zero-order valence-corrected chi connectivity index (χ0v) is 12.9. The van der Waals surface area contributed by atoms with E-state index >= 15 is 0 Å². The van der Waals surface area contributed by atoms with Crippen molar-refractivity contribution in [1.29, 1.82) is 0 Å². The van der Waals surface area contributed by atoms with Crippen molar-refractivity contribution in [3.8, 4) is 6.01 Å². The minimum Gasteiger partial charge on any atom is -0.464 e. The summed E-state index contributed by atoms with van der Waals surface area (Å²) in [6.45, 7) is 3.03. The molecule has 0 radical (unpaired) electrons. The van der Waals surface area contributed by atoms with Crippen LogP contribution in [0.3, 0.4) is 0 Å². The predicted molar refractivity (Wildman–Crippen MR) is 82.0 cm³/mol. The number of rotatable bonds is 6. The number of hydrogen-bond donors (Lipinski definition) is 2. The molecule has 20 heavy (non-hydrogen) atoms. The molecule has 0 unspecified atom stereocenters. The number of benzene rings is 1. The van der Waals surface area contributed by atoms with Crippen molar-refractivity contribution in [2.75, 3.05) is 24.3 Å². The highest BCUT2D eigenvalue weighted by atomic mass is 79.9. The second-order valence-electron chi connectivity index (χ2n) is 3.93. The summed E-state index contributed by atoms with van der Waals surface area (Å²) in [4.78, 5) is 12.5. The molecule has 0 saturated heterocycles. The molecule has 0 saturated carbocycles. The average molecular weight is 338 g/mol. The third-order valence-corrected chi connectivity index (χ3v) is 3.00. The molecule has 0 aliphatic carbocycles. The SMILES string of the molecule is CCOc1nc(NC)nc(NCc2ccc(Br)cc2)n1.